The van der Waals surface area contributed by atoms with Crippen molar-refractivity contribution in [3.05, 3.63) is 42.0 Å². The first kappa shape index (κ1) is 13.3. The van der Waals surface area contributed by atoms with Gasteiger partial charge in [0.25, 0.3) is 0 Å². The molecule has 92 valence electrons. The minimum Gasteiger partial charge on any atom is -0.508 e. The monoisotopic (exact) mass is 234 g/mol. The molecule has 1 aromatic rings. The van der Waals surface area contributed by atoms with Gasteiger partial charge >= 0.3 is 5.97 Å². The van der Waals surface area contributed by atoms with Crippen LogP contribution in [0.15, 0.2) is 36.4 Å². The molecular formula is C14H18O3. The smallest absolute Gasteiger partial charge is 0.306 e. The fourth-order valence-corrected chi connectivity index (χ4v) is 1.58. The van der Waals surface area contributed by atoms with E-state index in [1.807, 2.05) is 31.2 Å². The highest BCUT2D eigenvalue weighted by molar-refractivity contribution is 5.70. The van der Waals surface area contributed by atoms with Gasteiger partial charge in [-0.1, -0.05) is 31.2 Å². The highest BCUT2D eigenvalue weighted by Crippen LogP contribution is 2.24. The molecule has 0 amide bonds. The number of carbonyl (C=O) groups excluding carboxylic acids is 1. The molecule has 0 aliphatic heterocycles. The number of benzene rings is 1. The predicted molar refractivity (Wildman–Crippen MR) is 66.9 cm³/mol. The summed E-state index contributed by atoms with van der Waals surface area (Å²) in [4.78, 5) is 11.3. The Morgan fingerprint density at radius 2 is 2.06 bits per heavy atom. The lowest BCUT2D eigenvalue weighted by Crippen LogP contribution is -2.06. The van der Waals surface area contributed by atoms with Gasteiger partial charge in [0.1, 0.15) is 5.75 Å². The summed E-state index contributed by atoms with van der Waals surface area (Å²) in [6, 6.07) is 6.89. The zero-order valence-electron chi connectivity index (χ0n) is 10.2. The Labute approximate surface area is 102 Å². The van der Waals surface area contributed by atoms with E-state index in [0.717, 1.165) is 12.0 Å². The summed E-state index contributed by atoms with van der Waals surface area (Å²) in [7, 11) is 1.39. The minimum atomic E-state index is -0.233. The van der Waals surface area contributed by atoms with Gasteiger partial charge in [0, 0.05) is 5.92 Å². The molecule has 0 aromatic heterocycles. The average molecular weight is 234 g/mol. The van der Waals surface area contributed by atoms with Gasteiger partial charge in [-0.25, -0.2) is 0 Å². The minimum absolute atomic E-state index is 0.00278. The van der Waals surface area contributed by atoms with Crippen molar-refractivity contribution in [2.24, 2.45) is 0 Å². The standard InChI is InChI=1S/C14H18O3/c1-3-4-5-12(10-14(16)17-2)11-6-8-13(15)9-7-11/h4-9,12,15H,3,10H2,1-2H3. The molecule has 0 radical (unpaired) electrons. The lowest BCUT2D eigenvalue weighted by Gasteiger charge is -2.12. The lowest BCUT2D eigenvalue weighted by molar-refractivity contribution is -0.140. The second kappa shape index (κ2) is 6.74. The third-order valence-electron chi connectivity index (χ3n) is 2.54. The van der Waals surface area contributed by atoms with Crippen LogP contribution in [0.4, 0.5) is 0 Å². The Kier molecular flexibility index (Phi) is 5.27. The molecular weight excluding hydrogens is 216 g/mol. The summed E-state index contributed by atoms with van der Waals surface area (Å²) >= 11 is 0. The molecule has 3 nitrogen and oxygen atoms in total. The van der Waals surface area contributed by atoms with Crippen LogP contribution in [-0.4, -0.2) is 18.2 Å². The number of aromatic hydroxyl groups is 1. The maximum absolute atomic E-state index is 11.3. The van der Waals surface area contributed by atoms with Crippen LogP contribution in [0, 0.1) is 0 Å². The summed E-state index contributed by atoms with van der Waals surface area (Å²) in [5.74, 6) is -0.00290. The first-order chi connectivity index (χ1) is 8.17. The van der Waals surface area contributed by atoms with Crippen molar-refractivity contribution in [3.63, 3.8) is 0 Å². The first-order valence-corrected chi connectivity index (χ1v) is 5.69. The predicted octanol–water partition coefficient (Wildman–Crippen LogP) is 3.01. The second-order valence-corrected chi connectivity index (χ2v) is 3.81. The molecule has 1 unspecified atom stereocenters. The van der Waals surface area contributed by atoms with Crippen molar-refractivity contribution < 1.29 is 14.6 Å². The summed E-state index contributed by atoms with van der Waals surface area (Å²) < 4.78 is 4.68. The normalized spacial score (nSPS) is 12.6. The number of methoxy groups -OCH3 is 1. The van der Waals surface area contributed by atoms with Crippen LogP contribution >= 0.6 is 0 Å². The van der Waals surface area contributed by atoms with Crippen LogP contribution in [-0.2, 0) is 9.53 Å². The third-order valence-corrected chi connectivity index (χ3v) is 2.54. The summed E-state index contributed by atoms with van der Waals surface area (Å²) in [6.07, 6.45) is 5.28. The maximum Gasteiger partial charge on any atom is 0.306 e. The second-order valence-electron chi connectivity index (χ2n) is 3.81. The van der Waals surface area contributed by atoms with E-state index in [1.54, 1.807) is 12.1 Å². The number of allylic oxidation sites excluding steroid dienone is 2. The van der Waals surface area contributed by atoms with Gasteiger partial charge in [0.15, 0.2) is 0 Å². The Hall–Kier alpha value is -1.77. The topological polar surface area (TPSA) is 46.5 Å². The molecule has 0 saturated carbocycles. The largest absolute Gasteiger partial charge is 0.508 e. The van der Waals surface area contributed by atoms with Gasteiger partial charge in [-0.15, -0.1) is 0 Å². The highest BCUT2D eigenvalue weighted by Gasteiger charge is 2.13. The molecule has 0 spiro atoms. The van der Waals surface area contributed by atoms with Gasteiger partial charge < -0.3 is 9.84 Å². The average Bonchev–Trinajstić information content (AvgIpc) is 2.35. The molecule has 0 heterocycles. The van der Waals surface area contributed by atoms with Gasteiger partial charge in [0.05, 0.1) is 13.5 Å². The molecule has 1 atom stereocenters. The van der Waals surface area contributed by atoms with Crippen molar-refractivity contribution in [2.75, 3.05) is 7.11 Å². The molecule has 17 heavy (non-hydrogen) atoms. The fourth-order valence-electron chi connectivity index (χ4n) is 1.58. The van der Waals surface area contributed by atoms with Crippen LogP contribution in [0.25, 0.3) is 0 Å². The van der Waals surface area contributed by atoms with Crippen LogP contribution in [0.3, 0.4) is 0 Å². The highest BCUT2D eigenvalue weighted by atomic mass is 16.5. The van der Waals surface area contributed by atoms with Gasteiger partial charge in [-0.05, 0) is 24.1 Å². The summed E-state index contributed by atoms with van der Waals surface area (Å²) in [5, 5.41) is 9.23. The molecule has 0 saturated heterocycles. The number of phenols is 1. The molecule has 0 bridgehead atoms. The Balaban J connectivity index is 2.85. The zero-order valence-corrected chi connectivity index (χ0v) is 10.2. The third kappa shape index (κ3) is 4.31. The number of phenolic OH excluding ortho intramolecular Hbond substituents is 1. The number of esters is 1. The number of rotatable bonds is 5. The van der Waals surface area contributed by atoms with E-state index >= 15 is 0 Å². The van der Waals surface area contributed by atoms with Crippen molar-refractivity contribution in [3.8, 4) is 5.75 Å². The Bertz CT molecular complexity index is 379. The Morgan fingerprint density at radius 1 is 1.41 bits per heavy atom. The Morgan fingerprint density at radius 3 is 2.59 bits per heavy atom. The number of hydrogen-bond acceptors (Lipinski definition) is 3. The quantitative estimate of drug-likeness (QED) is 0.629. The van der Waals surface area contributed by atoms with Crippen molar-refractivity contribution in [2.45, 2.75) is 25.7 Å². The van der Waals surface area contributed by atoms with E-state index < -0.39 is 0 Å². The van der Waals surface area contributed by atoms with Crippen molar-refractivity contribution in [1.82, 2.24) is 0 Å². The maximum atomic E-state index is 11.3. The number of ether oxygens (including phenoxy) is 1. The van der Waals surface area contributed by atoms with Gasteiger partial charge in [-0.2, -0.15) is 0 Å². The summed E-state index contributed by atoms with van der Waals surface area (Å²) in [6.45, 7) is 2.04. The number of carbonyl (C=O) groups is 1. The number of hydrogen-bond donors (Lipinski definition) is 1. The molecule has 0 aliphatic rings. The van der Waals surface area contributed by atoms with Gasteiger partial charge in [0.2, 0.25) is 0 Å². The molecule has 1 rings (SSSR count). The van der Waals surface area contributed by atoms with E-state index in [2.05, 4.69) is 4.74 Å². The summed E-state index contributed by atoms with van der Waals surface area (Å²) in [5.41, 5.74) is 0.998. The molecule has 0 fully saturated rings. The van der Waals surface area contributed by atoms with E-state index in [0.29, 0.717) is 6.42 Å². The zero-order chi connectivity index (χ0) is 12.7. The van der Waals surface area contributed by atoms with Crippen LogP contribution in [0.2, 0.25) is 0 Å². The molecule has 1 aromatic carbocycles. The van der Waals surface area contributed by atoms with E-state index in [9.17, 15) is 9.90 Å². The van der Waals surface area contributed by atoms with E-state index in [1.165, 1.54) is 7.11 Å². The van der Waals surface area contributed by atoms with Crippen LogP contribution < -0.4 is 0 Å². The molecule has 0 aliphatic carbocycles. The fraction of sp³-hybridized carbons (Fsp3) is 0.357. The lowest BCUT2D eigenvalue weighted by atomic mass is 9.95. The molecule has 3 heteroatoms. The van der Waals surface area contributed by atoms with Crippen molar-refractivity contribution in [1.29, 1.82) is 0 Å². The van der Waals surface area contributed by atoms with Gasteiger partial charge in [-0.3, -0.25) is 4.79 Å². The van der Waals surface area contributed by atoms with Crippen molar-refractivity contribution >= 4 is 5.97 Å². The van der Waals surface area contributed by atoms with E-state index in [-0.39, 0.29) is 17.6 Å². The first-order valence-electron chi connectivity index (χ1n) is 5.69. The van der Waals surface area contributed by atoms with Crippen LogP contribution in [0.1, 0.15) is 31.2 Å². The SMILES string of the molecule is CCC=CC(CC(=O)OC)c1ccc(O)cc1. The van der Waals surface area contributed by atoms with Crippen LogP contribution in [0.5, 0.6) is 5.75 Å². The molecule has 1 N–H and O–H groups in total. The van der Waals surface area contributed by atoms with E-state index in [4.69, 9.17) is 0 Å².